The van der Waals surface area contributed by atoms with Crippen molar-refractivity contribution in [2.45, 2.75) is 24.7 Å². The van der Waals surface area contributed by atoms with Gasteiger partial charge in [0.2, 0.25) is 0 Å². The molecule has 2 aliphatic carbocycles. The predicted molar refractivity (Wildman–Crippen MR) is 326 cm³/mol. The number of benzene rings is 12. The molecule has 1 aromatic heterocycles. The van der Waals surface area contributed by atoms with Crippen LogP contribution < -0.4 is 4.90 Å². The fourth-order valence-electron chi connectivity index (χ4n) is 14.0. The zero-order chi connectivity index (χ0) is 51.7. The predicted octanol–water partition coefficient (Wildman–Crippen LogP) is 19.9. The zero-order valence-electron chi connectivity index (χ0n) is 43.5. The van der Waals surface area contributed by atoms with Crippen molar-refractivity contribution in [2.75, 3.05) is 4.90 Å². The number of anilines is 3. The smallest absolute Gasteiger partial charge is 0.0725 e. The summed E-state index contributed by atoms with van der Waals surface area (Å²) in [5, 5.41) is 2.50. The number of aromatic nitrogens is 1. The Hall–Kier alpha value is -9.76. The van der Waals surface area contributed by atoms with Gasteiger partial charge < -0.3 is 9.47 Å². The zero-order valence-corrected chi connectivity index (χ0v) is 43.5. The van der Waals surface area contributed by atoms with E-state index < -0.39 is 5.41 Å². The number of hydrogen-bond acceptors (Lipinski definition) is 1. The van der Waals surface area contributed by atoms with Gasteiger partial charge in [-0.3, -0.25) is 0 Å². The number of rotatable bonds is 6. The highest BCUT2D eigenvalue weighted by Gasteiger charge is 2.52. The van der Waals surface area contributed by atoms with Crippen LogP contribution in [0.5, 0.6) is 0 Å². The largest absolute Gasteiger partial charge is 0.310 e. The lowest BCUT2D eigenvalue weighted by Crippen LogP contribution is -2.30. The molecule has 0 bridgehead atoms. The molecule has 0 fully saturated rings. The van der Waals surface area contributed by atoms with Gasteiger partial charge >= 0.3 is 0 Å². The number of hydrogen-bond donors (Lipinski definition) is 0. The second-order valence-corrected chi connectivity index (χ2v) is 22.0. The fraction of sp³-hybridized carbons (Fsp3) is 0.0526. The Balaban J connectivity index is 0.893. The van der Waals surface area contributed by atoms with E-state index in [1.165, 1.54) is 133 Å². The van der Waals surface area contributed by atoms with Crippen molar-refractivity contribution in [3.05, 3.63) is 312 Å². The monoisotopic (exact) mass is 992 g/mol. The van der Waals surface area contributed by atoms with Crippen LogP contribution in [0.25, 0.3) is 94.3 Å². The van der Waals surface area contributed by atoms with Gasteiger partial charge in [-0.2, -0.15) is 0 Å². The van der Waals surface area contributed by atoms with Crippen molar-refractivity contribution in [2.24, 2.45) is 0 Å². The van der Waals surface area contributed by atoms with Crippen LogP contribution in [0, 0.1) is 0 Å². The van der Waals surface area contributed by atoms with E-state index in [4.69, 9.17) is 0 Å². The third-order valence-corrected chi connectivity index (χ3v) is 17.6. The first-order chi connectivity index (χ1) is 38.4. The molecule has 0 saturated heterocycles. The Morgan fingerprint density at radius 2 is 0.744 bits per heavy atom. The molecule has 1 spiro atoms. The minimum atomic E-state index is -0.528. The summed E-state index contributed by atoms with van der Waals surface area (Å²) in [7, 11) is 0. The van der Waals surface area contributed by atoms with E-state index in [0.29, 0.717) is 0 Å². The molecule has 1 aliphatic heterocycles. The van der Waals surface area contributed by atoms with E-state index >= 15 is 0 Å². The molecule has 2 heterocycles. The second-order valence-electron chi connectivity index (χ2n) is 22.0. The van der Waals surface area contributed by atoms with Crippen molar-refractivity contribution in [3.63, 3.8) is 0 Å². The van der Waals surface area contributed by atoms with Gasteiger partial charge in [-0.1, -0.05) is 220 Å². The molecule has 3 aliphatic rings. The lowest BCUT2D eigenvalue weighted by atomic mass is 9.70. The van der Waals surface area contributed by atoms with Crippen LogP contribution >= 0.6 is 0 Å². The van der Waals surface area contributed by atoms with E-state index in [2.05, 4.69) is 302 Å². The summed E-state index contributed by atoms with van der Waals surface area (Å²) in [5.74, 6) is 0. The molecule has 78 heavy (non-hydrogen) atoms. The molecule has 2 heteroatoms. The summed E-state index contributed by atoms with van der Waals surface area (Å²) in [6, 6.07) is 104. The van der Waals surface area contributed by atoms with Crippen molar-refractivity contribution >= 4 is 38.9 Å². The maximum atomic E-state index is 2.55. The molecular weight excluding hydrogens is 941 g/mol. The molecule has 0 unspecified atom stereocenters. The molecule has 2 nitrogen and oxygen atoms in total. The Labute approximate surface area is 455 Å². The highest BCUT2D eigenvalue weighted by Crippen LogP contribution is 2.65. The Bertz CT molecular complexity index is 4520. The fourth-order valence-corrected chi connectivity index (χ4v) is 14.0. The van der Waals surface area contributed by atoms with Crippen molar-refractivity contribution < 1.29 is 0 Å². The van der Waals surface area contributed by atoms with Gasteiger partial charge in [0, 0.05) is 27.6 Å². The number of nitrogens with zero attached hydrogens (tertiary/aromatic N) is 2. The first kappa shape index (κ1) is 44.5. The van der Waals surface area contributed by atoms with Crippen molar-refractivity contribution in [1.29, 1.82) is 0 Å². The lowest BCUT2D eigenvalue weighted by molar-refractivity contribution is 0.632. The average molecular weight is 993 g/mol. The molecule has 0 radical (unpaired) electrons. The lowest BCUT2D eigenvalue weighted by Gasteiger charge is -2.42. The Morgan fingerprint density at radius 3 is 1.41 bits per heavy atom. The van der Waals surface area contributed by atoms with E-state index in [1.54, 1.807) is 0 Å². The van der Waals surface area contributed by atoms with Gasteiger partial charge in [-0.25, -0.2) is 0 Å². The van der Waals surface area contributed by atoms with E-state index in [0.717, 1.165) is 11.4 Å². The van der Waals surface area contributed by atoms with E-state index in [1.807, 2.05) is 0 Å². The second kappa shape index (κ2) is 16.9. The minimum Gasteiger partial charge on any atom is -0.310 e. The maximum absolute atomic E-state index is 2.55. The molecular formula is C76H52N2. The van der Waals surface area contributed by atoms with Gasteiger partial charge in [-0.15, -0.1) is 0 Å². The van der Waals surface area contributed by atoms with Crippen molar-refractivity contribution in [3.8, 4) is 72.4 Å². The standard InChI is InChI=1S/C76H52N2/c1-75(2)68-47-52(50-21-8-4-9-22-50)36-43-72(68)78(57-39-33-51(34-40-57)49-19-6-3-7-20-49)73-44-37-54(48-69(73)75)53-35-41-62-67(46-53)76(64-29-15-12-25-59(64)60-26-13-16-30-65(60)76)66-31-18-28-58(74(62)66)55-38-42-71-63(45-55)61-27-14-17-32-70(61)77(71)56-23-10-5-11-24-56/h3-48H,1-2H3. The molecule has 13 aromatic rings. The number of fused-ring (bicyclic) bond motifs is 15. The topological polar surface area (TPSA) is 8.17 Å². The molecule has 0 atom stereocenters. The average Bonchev–Trinajstić information content (AvgIpc) is 4.27. The minimum absolute atomic E-state index is 0.327. The molecule has 16 rings (SSSR count). The third-order valence-electron chi connectivity index (χ3n) is 17.6. The molecule has 0 N–H and O–H groups in total. The highest BCUT2D eigenvalue weighted by atomic mass is 15.2. The summed E-state index contributed by atoms with van der Waals surface area (Å²) in [6.45, 7) is 4.83. The Kier molecular flexibility index (Phi) is 9.63. The van der Waals surface area contributed by atoms with Crippen LogP contribution in [0.1, 0.15) is 47.2 Å². The SMILES string of the molecule is CC1(C)c2cc(-c3ccccc3)ccc2N(c2ccc(-c3ccccc3)cc2)c2ccc(-c3ccc4c(c3)C3(c5ccccc5-c5ccccc53)c3cccc(-c5ccc6c(c5)c5ccccc5n6-c5ccccc5)c3-4)cc21. The van der Waals surface area contributed by atoms with Gasteiger partial charge in [0.15, 0.2) is 0 Å². The first-order valence-corrected chi connectivity index (χ1v) is 27.3. The molecule has 12 aromatic carbocycles. The van der Waals surface area contributed by atoms with Gasteiger partial charge in [0.1, 0.15) is 0 Å². The van der Waals surface area contributed by atoms with Crippen LogP contribution in [0.15, 0.2) is 279 Å². The molecule has 0 saturated carbocycles. The molecule has 0 amide bonds. The summed E-state index contributed by atoms with van der Waals surface area (Å²) >= 11 is 0. The highest BCUT2D eigenvalue weighted by molar-refractivity contribution is 6.11. The van der Waals surface area contributed by atoms with Crippen LogP contribution in [-0.4, -0.2) is 4.57 Å². The van der Waals surface area contributed by atoms with Crippen LogP contribution in [-0.2, 0) is 10.8 Å². The maximum Gasteiger partial charge on any atom is 0.0725 e. The summed E-state index contributed by atoms with van der Waals surface area (Å²) in [4.78, 5) is 2.49. The quantitative estimate of drug-likeness (QED) is 0.161. The van der Waals surface area contributed by atoms with Crippen LogP contribution in [0.2, 0.25) is 0 Å². The van der Waals surface area contributed by atoms with Crippen LogP contribution in [0.3, 0.4) is 0 Å². The van der Waals surface area contributed by atoms with E-state index in [-0.39, 0.29) is 5.41 Å². The Morgan fingerprint density at radius 1 is 0.269 bits per heavy atom. The number of para-hydroxylation sites is 2. The van der Waals surface area contributed by atoms with Gasteiger partial charge in [-0.05, 0) is 173 Å². The van der Waals surface area contributed by atoms with Gasteiger partial charge in [0.05, 0.1) is 27.8 Å². The third kappa shape index (κ3) is 6.32. The van der Waals surface area contributed by atoms with Crippen LogP contribution in [0.4, 0.5) is 17.1 Å². The summed E-state index contributed by atoms with van der Waals surface area (Å²) in [6.07, 6.45) is 0. The normalized spacial score (nSPS) is 13.9. The summed E-state index contributed by atoms with van der Waals surface area (Å²) < 4.78 is 2.41. The van der Waals surface area contributed by atoms with E-state index in [9.17, 15) is 0 Å². The van der Waals surface area contributed by atoms with Gasteiger partial charge in [0.25, 0.3) is 0 Å². The first-order valence-electron chi connectivity index (χ1n) is 27.3. The van der Waals surface area contributed by atoms with Crippen molar-refractivity contribution in [1.82, 2.24) is 4.57 Å². The summed E-state index contributed by atoms with van der Waals surface area (Å²) in [5.41, 5.74) is 29.2. The molecule has 366 valence electrons.